The first-order valence-electron chi connectivity index (χ1n) is 7.11. The Bertz CT molecular complexity index is 527. The molecule has 1 amide bonds. The van der Waals surface area contributed by atoms with Crippen LogP contribution >= 0.6 is 0 Å². The van der Waals surface area contributed by atoms with Crippen LogP contribution in [0.25, 0.3) is 0 Å². The highest BCUT2D eigenvalue weighted by Gasteiger charge is 2.27. The molecule has 1 aliphatic heterocycles. The van der Waals surface area contributed by atoms with Crippen molar-refractivity contribution in [1.29, 1.82) is 0 Å². The van der Waals surface area contributed by atoms with Gasteiger partial charge in [-0.25, -0.2) is 0 Å². The van der Waals surface area contributed by atoms with Crippen LogP contribution in [0.15, 0.2) is 0 Å². The number of amides is 1. The summed E-state index contributed by atoms with van der Waals surface area (Å²) in [4.78, 5) is 29.2. The number of hydrogen-bond donors (Lipinski definition) is 2. The highest BCUT2D eigenvalue weighted by atomic mass is 16.2. The average Bonchev–Trinajstić information content (AvgIpc) is 2.73. The lowest BCUT2D eigenvalue weighted by atomic mass is 10.0. The fourth-order valence-corrected chi connectivity index (χ4v) is 3.03. The van der Waals surface area contributed by atoms with Crippen molar-refractivity contribution in [3.05, 3.63) is 22.5 Å². The molecule has 1 aliphatic rings. The molecule has 1 aromatic rings. The van der Waals surface area contributed by atoms with Crippen LogP contribution in [0, 0.1) is 13.8 Å². The zero-order chi connectivity index (χ0) is 14.9. The summed E-state index contributed by atoms with van der Waals surface area (Å²) in [6, 6.07) is 0.271. The molecule has 2 heterocycles. The molecule has 0 bridgehead atoms. The topological polar surface area (TPSA) is 65.2 Å². The SMILES string of the molecule is CC(=O)c1c(C)[nH]c(C(=O)N(C)C2CCNCC2)c1C. The zero-order valence-corrected chi connectivity index (χ0v) is 12.7. The van der Waals surface area contributed by atoms with Crippen molar-refractivity contribution in [3.8, 4) is 0 Å². The Kier molecular flexibility index (Phi) is 4.28. The number of ketones is 1. The molecule has 5 heteroatoms. The summed E-state index contributed by atoms with van der Waals surface area (Å²) in [5.74, 6) is -0.0233. The van der Waals surface area contributed by atoms with Crippen LogP contribution in [-0.2, 0) is 0 Å². The number of Topliss-reactive ketones (excluding diaryl/α,β-unsaturated/α-hetero) is 1. The summed E-state index contributed by atoms with van der Waals surface area (Å²) in [6.07, 6.45) is 1.95. The Hall–Kier alpha value is -1.62. The van der Waals surface area contributed by atoms with Gasteiger partial charge in [0.05, 0.1) is 0 Å². The number of carbonyl (C=O) groups is 2. The minimum Gasteiger partial charge on any atom is -0.354 e. The molecule has 20 heavy (non-hydrogen) atoms. The van der Waals surface area contributed by atoms with Gasteiger partial charge in [0.25, 0.3) is 5.91 Å². The highest BCUT2D eigenvalue weighted by molar-refractivity contribution is 6.02. The maximum absolute atomic E-state index is 12.6. The van der Waals surface area contributed by atoms with E-state index in [1.807, 2.05) is 25.8 Å². The molecule has 0 saturated carbocycles. The fourth-order valence-electron chi connectivity index (χ4n) is 3.03. The Morgan fingerprint density at radius 3 is 2.30 bits per heavy atom. The predicted octanol–water partition coefficient (Wildman–Crippen LogP) is 1.66. The molecule has 1 aromatic heterocycles. The van der Waals surface area contributed by atoms with Gasteiger partial charge < -0.3 is 15.2 Å². The molecular formula is C15H23N3O2. The minimum absolute atomic E-state index is 0.000167. The van der Waals surface area contributed by atoms with Crippen molar-refractivity contribution in [2.45, 2.75) is 39.7 Å². The summed E-state index contributed by atoms with van der Waals surface area (Å²) in [5, 5.41) is 3.30. The van der Waals surface area contributed by atoms with Crippen molar-refractivity contribution < 1.29 is 9.59 Å². The number of aromatic amines is 1. The molecule has 2 N–H and O–H groups in total. The quantitative estimate of drug-likeness (QED) is 0.826. The van der Waals surface area contributed by atoms with E-state index in [2.05, 4.69) is 10.3 Å². The number of aromatic nitrogens is 1. The maximum Gasteiger partial charge on any atom is 0.270 e. The Morgan fingerprint density at radius 2 is 1.80 bits per heavy atom. The summed E-state index contributed by atoms with van der Waals surface area (Å²) in [5.41, 5.74) is 2.73. The second-order valence-corrected chi connectivity index (χ2v) is 5.58. The molecule has 1 saturated heterocycles. The van der Waals surface area contributed by atoms with Crippen LogP contribution in [0.3, 0.4) is 0 Å². The van der Waals surface area contributed by atoms with Crippen molar-refractivity contribution in [1.82, 2.24) is 15.2 Å². The molecule has 0 unspecified atom stereocenters. The molecule has 0 spiro atoms. The maximum atomic E-state index is 12.6. The van der Waals surface area contributed by atoms with Gasteiger partial charge in [-0.15, -0.1) is 0 Å². The zero-order valence-electron chi connectivity index (χ0n) is 12.7. The summed E-state index contributed by atoms with van der Waals surface area (Å²) < 4.78 is 0. The number of H-pyrrole nitrogens is 1. The predicted molar refractivity (Wildman–Crippen MR) is 78.3 cm³/mol. The van der Waals surface area contributed by atoms with E-state index >= 15 is 0 Å². The first kappa shape index (κ1) is 14.8. The standard InChI is InChI=1S/C15H23N3O2/c1-9-13(11(3)19)10(2)17-14(9)15(20)18(4)12-5-7-16-8-6-12/h12,16-17H,5-8H2,1-4H3. The van der Waals surface area contributed by atoms with E-state index in [0.717, 1.165) is 37.2 Å². The van der Waals surface area contributed by atoms with Crippen molar-refractivity contribution in [2.24, 2.45) is 0 Å². The number of piperidine rings is 1. The molecule has 5 nitrogen and oxygen atoms in total. The third-order valence-corrected chi connectivity index (χ3v) is 4.18. The largest absolute Gasteiger partial charge is 0.354 e. The van der Waals surface area contributed by atoms with Gasteiger partial charge in [-0.3, -0.25) is 9.59 Å². The first-order chi connectivity index (χ1) is 9.43. The monoisotopic (exact) mass is 277 g/mol. The van der Waals surface area contributed by atoms with E-state index in [0.29, 0.717) is 11.3 Å². The van der Waals surface area contributed by atoms with E-state index in [4.69, 9.17) is 0 Å². The van der Waals surface area contributed by atoms with Crippen LogP contribution < -0.4 is 5.32 Å². The normalized spacial score (nSPS) is 16.2. The smallest absolute Gasteiger partial charge is 0.270 e. The molecule has 2 rings (SSSR count). The number of nitrogens with one attached hydrogen (secondary N) is 2. The highest BCUT2D eigenvalue weighted by Crippen LogP contribution is 2.21. The minimum atomic E-state index is -0.0231. The lowest BCUT2D eigenvalue weighted by Crippen LogP contribution is -2.44. The number of hydrogen-bond acceptors (Lipinski definition) is 3. The van der Waals surface area contributed by atoms with Crippen LogP contribution in [0.4, 0.5) is 0 Å². The van der Waals surface area contributed by atoms with E-state index in [1.165, 1.54) is 6.92 Å². The van der Waals surface area contributed by atoms with Gasteiger partial charge in [0.15, 0.2) is 5.78 Å². The molecule has 0 aliphatic carbocycles. The average molecular weight is 277 g/mol. The molecule has 0 atom stereocenters. The van der Waals surface area contributed by atoms with Gasteiger partial charge in [-0.1, -0.05) is 0 Å². The summed E-state index contributed by atoms with van der Waals surface area (Å²) in [6.45, 7) is 7.11. The van der Waals surface area contributed by atoms with Crippen LogP contribution in [0.5, 0.6) is 0 Å². The Morgan fingerprint density at radius 1 is 1.20 bits per heavy atom. The Balaban J connectivity index is 2.24. The van der Waals surface area contributed by atoms with E-state index < -0.39 is 0 Å². The third kappa shape index (κ3) is 2.63. The summed E-state index contributed by atoms with van der Waals surface area (Å²) >= 11 is 0. The van der Waals surface area contributed by atoms with Gasteiger partial charge in [0.1, 0.15) is 5.69 Å². The number of aryl methyl sites for hydroxylation is 1. The molecule has 0 aromatic carbocycles. The van der Waals surface area contributed by atoms with E-state index in [-0.39, 0.29) is 17.7 Å². The van der Waals surface area contributed by atoms with Gasteiger partial charge in [-0.2, -0.15) is 0 Å². The van der Waals surface area contributed by atoms with Gasteiger partial charge in [0, 0.05) is 24.3 Å². The van der Waals surface area contributed by atoms with Gasteiger partial charge in [-0.05, 0) is 52.3 Å². The number of nitrogens with zero attached hydrogens (tertiary/aromatic N) is 1. The van der Waals surface area contributed by atoms with Crippen LogP contribution in [0.2, 0.25) is 0 Å². The van der Waals surface area contributed by atoms with Gasteiger partial charge in [0.2, 0.25) is 0 Å². The molecular weight excluding hydrogens is 254 g/mol. The van der Waals surface area contributed by atoms with Crippen molar-refractivity contribution in [2.75, 3.05) is 20.1 Å². The second-order valence-electron chi connectivity index (χ2n) is 5.58. The van der Waals surface area contributed by atoms with Crippen LogP contribution in [0.1, 0.15) is 51.9 Å². The fraction of sp³-hybridized carbons (Fsp3) is 0.600. The van der Waals surface area contributed by atoms with Gasteiger partial charge >= 0.3 is 0 Å². The van der Waals surface area contributed by atoms with Crippen molar-refractivity contribution >= 4 is 11.7 Å². The lowest BCUT2D eigenvalue weighted by molar-refractivity contribution is 0.0697. The molecule has 0 radical (unpaired) electrons. The van der Waals surface area contributed by atoms with E-state index in [9.17, 15) is 9.59 Å². The third-order valence-electron chi connectivity index (χ3n) is 4.18. The number of rotatable bonds is 3. The lowest BCUT2D eigenvalue weighted by Gasteiger charge is -2.31. The van der Waals surface area contributed by atoms with Crippen molar-refractivity contribution in [3.63, 3.8) is 0 Å². The van der Waals surface area contributed by atoms with E-state index in [1.54, 1.807) is 0 Å². The Labute approximate surface area is 119 Å². The molecule has 1 fully saturated rings. The summed E-state index contributed by atoms with van der Waals surface area (Å²) in [7, 11) is 1.85. The van der Waals surface area contributed by atoms with Crippen LogP contribution in [-0.4, -0.2) is 47.8 Å². The second kappa shape index (κ2) is 5.79. The number of carbonyl (C=O) groups excluding carboxylic acids is 2. The molecule has 110 valence electrons. The first-order valence-corrected chi connectivity index (χ1v) is 7.11.